The van der Waals surface area contributed by atoms with Gasteiger partial charge in [-0.15, -0.1) is 11.3 Å². The molecule has 0 saturated carbocycles. The van der Waals surface area contributed by atoms with E-state index in [4.69, 9.17) is 0 Å². The second kappa shape index (κ2) is 5.26. The summed E-state index contributed by atoms with van der Waals surface area (Å²) in [5.41, 5.74) is 1.76. The highest BCUT2D eigenvalue weighted by Gasteiger charge is 2.08. The smallest absolute Gasteiger partial charge is 0.265 e. The highest BCUT2D eigenvalue weighted by atomic mass is 32.1. The molecule has 20 heavy (non-hydrogen) atoms. The summed E-state index contributed by atoms with van der Waals surface area (Å²) < 4.78 is 1.80. The number of imidazole rings is 1. The summed E-state index contributed by atoms with van der Waals surface area (Å²) in [6, 6.07) is 5.52. The van der Waals surface area contributed by atoms with Gasteiger partial charge in [0.25, 0.3) is 5.91 Å². The largest absolute Gasteiger partial charge is 0.320 e. The third kappa shape index (κ3) is 2.60. The van der Waals surface area contributed by atoms with Gasteiger partial charge in [-0.3, -0.25) is 9.36 Å². The number of aromatic nitrogens is 3. The first-order valence-electron chi connectivity index (χ1n) is 6.03. The standard InChI is InChI=1S/C14H12N4OS/c1-10-6-12(20-8-10)14(19)17-11-2-3-13(16-7-11)18-5-4-15-9-18/h2-9H,1H3,(H,17,19). The molecule has 3 aromatic rings. The monoisotopic (exact) mass is 284 g/mol. The number of aryl methyl sites for hydroxylation is 1. The average molecular weight is 284 g/mol. The lowest BCUT2D eigenvalue weighted by Crippen LogP contribution is -2.10. The second-order valence-electron chi connectivity index (χ2n) is 4.32. The fourth-order valence-corrected chi connectivity index (χ4v) is 2.54. The molecule has 0 aliphatic rings. The molecule has 0 atom stereocenters. The minimum atomic E-state index is -0.111. The van der Waals surface area contributed by atoms with Crippen molar-refractivity contribution in [2.24, 2.45) is 0 Å². The lowest BCUT2D eigenvalue weighted by Gasteiger charge is -2.05. The van der Waals surface area contributed by atoms with E-state index in [2.05, 4.69) is 15.3 Å². The molecule has 3 rings (SSSR count). The van der Waals surface area contributed by atoms with Crippen LogP contribution in [0.3, 0.4) is 0 Å². The molecule has 0 aliphatic carbocycles. The maximum absolute atomic E-state index is 12.0. The number of pyridine rings is 1. The van der Waals surface area contributed by atoms with E-state index in [0.29, 0.717) is 10.6 Å². The summed E-state index contributed by atoms with van der Waals surface area (Å²) >= 11 is 1.43. The molecule has 0 bridgehead atoms. The van der Waals surface area contributed by atoms with Crippen LogP contribution < -0.4 is 5.32 Å². The maximum atomic E-state index is 12.0. The molecule has 100 valence electrons. The lowest BCUT2D eigenvalue weighted by molar-refractivity contribution is 0.103. The van der Waals surface area contributed by atoms with Crippen LogP contribution >= 0.6 is 11.3 Å². The van der Waals surface area contributed by atoms with Gasteiger partial charge in [0.1, 0.15) is 12.1 Å². The van der Waals surface area contributed by atoms with E-state index in [1.807, 2.05) is 36.7 Å². The molecule has 0 radical (unpaired) electrons. The van der Waals surface area contributed by atoms with Crippen molar-refractivity contribution in [1.82, 2.24) is 14.5 Å². The highest BCUT2D eigenvalue weighted by molar-refractivity contribution is 7.12. The van der Waals surface area contributed by atoms with Gasteiger partial charge in [-0.05, 0) is 36.1 Å². The van der Waals surface area contributed by atoms with Gasteiger partial charge >= 0.3 is 0 Å². The molecule has 3 aromatic heterocycles. The number of nitrogens with one attached hydrogen (secondary N) is 1. The van der Waals surface area contributed by atoms with Crippen LogP contribution in [0.25, 0.3) is 5.82 Å². The topological polar surface area (TPSA) is 59.8 Å². The van der Waals surface area contributed by atoms with Crippen LogP contribution in [0.5, 0.6) is 0 Å². The van der Waals surface area contributed by atoms with Crippen molar-refractivity contribution >= 4 is 22.9 Å². The van der Waals surface area contributed by atoms with Crippen LogP contribution in [0.4, 0.5) is 5.69 Å². The fourth-order valence-electron chi connectivity index (χ4n) is 1.75. The third-order valence-corrected chi connectivity index (χ3v) is 3.78. The predicted molar refractivity (Wildman–Crippen MR) is 78.4 cm³/mol. The summed E-state index contributed by atoms with van der Waals surface area (Å²) in [4.78, 5) is 20.9. The molecule has 6 heteroatoms. The average Bonchev–Trinajstić information content (AvgIpc) is 3.10. The van der Waals surface area contributed by atoms with E-state index < -0.39 is 0 Å². The normalized spacial score (nSPS) is 10.4. The van der Waals surface area contributed by atoms with Gasteiger partial charge in [-0.2, -0.15) is 0 Å². The minimum absolute atomic E-state index is 0.111. The summed E-state index contributed by atoms with van der Waals surface area (Å²) in [5, 5.41) is 4.78. The lowest BCUT2D eigenvalue weighted by atomic mass is 10.3. The van der Waals surface area contributed by atoms with Crippen molar-refractivity contribution in [3.63, 3.8) is 0 Å². The Kier molecular flexibility index (Phi) is 3.30. The maximum Gasteiger partial charge on any atom is 0.265 e. The number of rotatable bonds is 3. The number of nitrogens with zero attached hydrogens (tertiary/aromatic N) is 3. The molecular formula is C14H12N4OS. The van der Waals surface area contributed by atoms with Gasteiger partial charge < -0.3 is 5.32 Å². The summed E-state index contributed by atoms with van der Waals surface area (Å²) in [6.07, 6.45) is 6.81. The van der Waals surface area contributed by atoms with E-state index in [1.54, 1.807) is 23.3 Å². The Balaban J connectivity index is 1.74. The molecule has 3 heterocycles. The van der Waals surface area contributed by atoms with Crippen molar-refractivity contribution in [2.75, 3.05) is 5.32 Å². The Hall–Kier alpha value is -2.47. The molecule has 5 nitrogen and oxygen atoms in total. The van der Waals surface area contributed by atoms with Crippen molar-refractivity contribution < 1.29 is 4.79 Å². The number of thiophene rings is 1. The molecule has 0 fully saturated rings. The zero-order valence-electron chi connectivity index (χ0n) is 10.8. The Bertz CT molecular complexity index is 716. The first-order chi connectivity index (χ1) is 9.72. The molecular weight excluding hydrogens is 272 g/mol. The van der Waals surface area contributed by atoms with Crippen LogP contribution in [0.1, 0.15) is 15.2 Å². The molecule has 0 aromatic carbocycles. The van der Waals surface area contributed by atoms with Crippen LogP contribution in [-0.2, 0) is 0 Å². The van der Waals surface area contributed by atoms with Crippen LogP contribution in [-0.4, -0.2) is 20.4 Å². The molecule has 1 amide bonds. The Morgan fingerprint density at radius 3 is 2.90 bits per heavy atom. The molecule has 0 saturated heterocycles. The van der Waals surface area contributed by atoms with Crippen LogP contribution in [0.15, 0.2) is 48.5 Å². The molecule has 0 aliphatic heterocycles. The van der Waals surface area contributed by atoms with E-state index in [-0.39, 0.29) is 5.91 Å². The van der Waals surface area contributed by atoms with E-state index >= 15 is 0 Å². The Labute approximate surface area is 119 Å². The Morgan fingerprint density at radius 1 is 1.40 bits per heavy atom. The van der Waals surface area contributed by atoms with Crippen LogP contribution in [0.2, 0.25) is 0 Å². The van der Waals surface area contributed by atoms with Crippen LogP contribution in [0, 0.1) is 6.92 Å². The summed E-state index contributed by atoms with van der Waals surface area (Å²) in [7, 11) is 0. The van der Waals surface area contributed by atoms with Gasteiger partial charge in [-0.1, -0.05) is 0 Å². The van der Waals surface area contributed by atoms with E-state index in [1.165, 1.54) is 11.3 Å². The minimum Gasteiger partial charge on any atom is -0.320 e. The number of hydrogen-bond acceptors (Lipinski definition) is 4. The van der Waals surface area contributed by atoms with Gasteiger partial charge in [0.05, 0.1) is 16.8 Å². The van der Waals surface area contributed by atoms with Gasteiger partial charge in [0.15, 0.2) is 0 Å². The molecule has 0 spiro atoms. The van der Waals surface area contributed by atoms with Crippen molar-refractivity contribution in [1.29, 1.82) is 0 Å². The number of carbonyl (C=O) groups is 1. The van der Waals surface area contributed by atoms with Crippen molar-refractivity contribution in [2.45, 2.75) is 6.92 Å². The number of amides is 1. The molecule has 0 unspecified atom stereocenters. The zero-order valence-corrected chi connectivity index (χ0v) is 11.6. The quantitative estimate of drug-likeness (QED) is 0.804. The van der Waals surface area contributed by atoms with E-state index in [0.717, 1.165) is 11.4 Å². The first-order valence-corrected chi connectivity index (χ1v) is 6.91. The number of carbonyl (C=O) groups excluding carboxylic acids is 1. The number of anilines is 1. The summed E-state index contributed by atoms with van der Waals surface area (Å²) in [6.45, 7) is 1.97. The van der Waals surface area contributed by atoms with Crippen molar-refractivity contribution in [3.8, 4) is 5.82 Å². The molecule has 1 N–H and O–H groups in total. The number of hydrogen-bond donors (Lipinski definition) is 1. The highest BCUT2D eigenvalue weighted by Crippen LogP contribution is 2.16. The van der Waals surface area contributed by atoms with Crippen molar-refractivity contribution in [3.05, 3.63) is 58.9 Å². The Morgan fingerprint density at radius 2 is 2.30 bits per heavy atom. The first kappa shape index (κ1) is 12.6. The second-order valence-corrected chi connectivity index (χ2v) is 5.23. The fraction of sp³-hybridized carbons (Fsp3) is 0.0714. The van der Waals surface area contributed by atoms with Gasteiger partial charge in [0.2, 0.25) is 0 Å². The SMILES string of the molecule is Cc1csc(C(=O)Nc2ccc(-n3ccnc3)nc2)c1. The van der Waals surface area contributed by atoms with Gasteiger partial charge in [0, 0.05) is 12.4 Å². The predicted octanol–water partition coefficient (Wildman–Crippen LogP) is 2.89. The zero-order chi connectivity index (χ0) is 13.9. The summed E-state index contributed by atoms with van der Waals surface area (Å²) in [5.74, 6) is 0.646. The third-order valence-electron chi connectivity index (χ3n) is 2.73. The van der Waals surface area contributed by atoms with E-state index in [9.17, 15) is 4.79 Å². The van der Waals surface area contributed by atoms with Gasteiger partial charge in [-0.25, -0.2) is 9.97 Å².